The maximum atomic E-state index is 12.6. The quantitative estimate of drug-likeness (QED) is 0.631. The second-order valence-electron chi connectivity index (χ2n) is 5.80. The number of nitrogens with one attached hydrogen (secondary N) is 1. The minimum Gasteiger partial charge on any atom is -0.495 e. The molecule has 3 aromatic rings. The zero-order valence-electron chi connectivity index (χ0n) is 15.0. The predicted octanol–water partition coefficient (Wildman–Crippen LogP) is 3.75. The van der Waals surface area contributed by atoms with E-state index < -0.39 is 5.25 Å². The number of benzene rings is 2. The Kier molecular flexibility index (Phi) is 5.98. The third kappa shape index (κ3) is 4.58. The molecule has 1 aromatic heterocycles. The first-order valence-electron chi connectivity index (χ1n) is 8.14. The third-order valence-electron chi connectivity index (χ3n) is 3.78. The summed E-state index contributed by atoms with van der Waals surface area (Å²) >= 11 is 7.18. The fourth-order valence-corrected chi connectivity index (χ4v) is 3.30. The Morgan fingerprint density at radius 1 is 1.26 bits per heavy atom. The van der Waals surface area contributed by atoms with Gasteiger partial charge in [-0.15, -0.1) is 5.10 Å². The number of anilines is 1. The molecule has 0 spiro atoms. The van der Waals surface area contributed by atoms with Crippen molar-refractivity contribution in [2.75, 3.05) is 12.4 Å². The fraction of sp³-hybridized carbons (Fsp3) is 0.222. The van der Waals surface area contributed by atoms with Crippen LogP contribution < -0.4 is 10.1 Å². The van der Waals surface area contributed by atoms with E-state index in [4.69, 9.17) is 16.3 Å². The van der Waals surface area contributed by atoms with Crippen molar-refractivity contribution < 1.29 is 9.53 Å². The standard InChI is InChI=1S/C18H18ClN5O2S/c1-11-4-9-16(26-3)15(10-11)20-17(25)12(2)27-18-21-22-23-24(18)14-7-5-13(19)6-8-14/h4-10,12H,1-3H3,(H,20,25). The molecule has 1 amide bonds. The lowest BCUT2D eigenvalue weighted by Crippen LogP contribution is -2.23. The molecule has 1 unspecified atom stereocenters. The van der Waals surface area contributed by atoms with Crippen LogP contribution in [-0.2, 0) is 4.79 Å². The van der Waals surface area contributed by atoms with Crippen molar-refractivity contribution in [2.45, 2.75) is 24.3 Å². The van der Waals surface area contributed by atoms with Gasteiger partial charge in [-0.2, -0.15) is 4.68 Å². The van der Waals surface area contributed by atoms with Gasteiger partial charge in [-0.1, -0.05) is 29.4 Å². The molecule has 0 saturated carbocycles. The van der Waals surface area contributed by atoms with E-state index in [1.165, 1.54) is 11.8 Å². The zero-order valence-corrected chi connectivity index (χ0v) is 16.6. The molecule has 0 aliphatic carbocycles. The lowest BCUT2D eigenvalue weighted by Gasteiger charge is -2.14. The van der Waals surface area contributed by atoms with Gasteiger partial charge in [0.05, 0.1) is 23.7 Å². The molecular formula is C18H18ClN5O2S. The van der Waals surface area contributed by atoms with Crippen molar-refractivity contribution >= 4 is 35.0 Å². The molecule has 7 nitrogen and oxygen atoms in total. The molecule has 0 saturated heterocycles. The Balaban J connectivity index is 1.74. The molecule has 140 valence electrons. The van der Waals surface area contributed by atoms with Crippen LogP contribution in [0.15, 0.2) is 47.6 Å². The van der Waals surface area contributed by atoms with Gasteiger partial charge < -0.3 is 10.1 Å². The van der Waals surface area contributed by atoms with Crippen LogP contribution in [0.25, 0.3) is 5.69 Å². The van der Waals surface area contributed by atoms with E-state index >= 15 is 0 Å². The summed E-state index contributed by atoms with van der Waals surface area (Å²) in [6.45, 7) is 3.75. The van der Waals surface area contributed by atoms with Crippen molar-refractivity contribution in [3.05, 3.63) is 53.1 Å². The van der Waals surface area contributed by atoms with Gasteiger partial charge in [0.1, 0.15) is 5.75 Å². The van der Waals surface area contributed by atoms with E-state index in [0.717, 1.165) is 11.3 Å². The summed E-state index contributed by atoms with van der Waals surface area (Å²) in [5.74, 6) is 0.437. The SMILES string of the molecule is COc1ccc(C)cc1NC(=O)C(C)Sc1nnnn1-c1ccc(Cl)cc1. The highest BCUT2D eigenvalue weighted by Gasteiger charge is 2.20. The largest absolute Gasteiger partial charge is 0.495 e. The fourth-order valence-electron chi connectivity index (χ4n) is 2.36. The van der Waals surface area contributed by atoms with Crippen LogP contribution in [0.4, 0.5) is 5.69 Å². The first-order chi connectivity index (χ1) is 13.0. The van der Waals surface area contributed by atoms with Crippen LogP contribution >= 0.6 is 23.4 Å². The van der Waals surface area contributed by atoms with Crippen LogP contribution in [-0.4, -0.2) is 38.5 Å². The Bertz CT molecular complexity index is 945. The summed E-state index contributed by atoms with van der Waals surface area (Å²) in [5.41, 5.74) is 2.42. The number of carbonyl (C=O) groups excluding carboxylic acids is 1. The Hall–Kier alpha value is -2.58. The van der Waals surface area contributed by atoms with Crippen molar-refractivity contribution in [2.24, 2.45) is 0 Å². The number of methoxy groups -OCH3 is 1. The van der Waals surface area contributed by atoms with Crippen LogP contribution in [0.5, 0.6) is 5.75 Å². The number of thioether (sulfide) groups is 1. The molecule has 27 heavy (non-hydrogen) atoms. The highest BCUT2D eigenvalue weighted by atomic mass is 35.5. The van der Waals surface area contributed by atoms with Crippen LogP contribution in [0.1, 0.15) is 12.5 Å². The second kappa shape index (κ2) is 8.41. The monoisotopic (exact) mass is 403 g/mol. The van der Waals surface area contributed by atoms with E-state index in [-0.39, 0.29) is 5.91 Å². The number of ether oxygens (including phenoxy) is 1. The molecule has 0 aliphatic heterocycles. The highest BCUT2D eigenvalue weighted by Crippen LogP contribution is 2.28. The predicted molar refractivity (Wildman–Crippen MR) is 106 cm³/mol. The van der Waals surface area contributed by atoms with Gasteiger partial charge >= 0.3 is 0 Å². The molecular weight excluding hydrogens is 386 g/mol. The van der Waals surface area contributed by atoms with Gasteiger partial charge in [0.15, 0.2) is 0 Å². The number of rotatable bonds is 6. The van der Waals surface area contributed by atoms with E-state index in [2.05, 4.69) is 20.8 Å². The van der Waals surface area contributed by atoms with E-state index in [1.54, 1.807) is 30.8 Å². The van der Waals surface area contributed by atoms with Gasteiger partial charge in [-0.05, 0) is 66.2 Å². The molecule has 1 N–H and O–H groups in total. The van der Waals surface area contributed by atoms with Crippen LogP contribution in [0.3, 0.4) is 0 Å². The molecule has 9 heteroatoms. The maximum Gasteiger partial charge on any atom is 0.237 e. The summed E-state index contributed by atoms with van der Waals surface area (Å²) in [7, 11) is 1.57. The second-order valence-corrected chi connectivity index (χ2v) is 7.55. The van der Waals surface area contributed by atoms with Crippen LogP contribution in [0, 0.1) is 6.92 Å². The van der Waals surface area contributed by atoms with Gasteiger partial charge in [0.25, 0.3) is 0 Å². The number of hydrogen-bond acceptors (Lipinski definition) is 6. The van der Waals surface area contributed by atoms with Gasteiger partial charge in [0.2, 0.25) is 11.1 Å². The highest BCUT2D eigenvalue weighted by molar-refractivity contribution is 8.00. The smallest absolute Gasteiger partial charge is 0.237 e. The zero-order chi connectivity index (χ0) is 19.4. The Morgan fingerprint density at radius 2 is 2.00 bits per heavy atom. The van der Waals surface area contributed by atoms with Crippen molar-refractivity contribution in [3.8, 4) is 11.4 Å². The summed E-state index contributed by atoms with van der Waals surface area (Å²) in [4.78, 5) is 12.6. The molecule has 2 aromatic carbocycles. The summed E-state index contributed by atoms with van der Waals surface area (Å²) in [5, 5.41) is 15.3. The first kappa shape index (κ1) is 19.2. The number of amides is 1. The van der Waals surface area contributed by atoms with Gasteiger partial charge in [-0.25, -0.2) is 0 Å². The molecule has 3 rings (SSSR count). The van der Waals surface area contributed by atoms with E-state index in [0.29, 0.717) is 21.6 Å². The topological polar surface area (TPSA) is 81.9 Å². The van der Waals surface area contributed by atoms with Crippen molar-refractivity contribution in [1.29, 1.82) is 0 Å². The summed E-state index contributed by atoms with van der Waals surface area (Å²) < 4.78 is 6.87. The third-order valence-corrected chi connectivity index (χ3v) is 5.06. The number of tetrazole rings is 1. The van der Waals surface area contributed by atoms with Gasteiger partial charge in [-0.3, -0.25) is 4.79 Å². The average Bonchev–Trinajstić information content (AvgIpc) is 3.10. The van der Waals surface area contributed by atoms with Crippen molar-refractivity contribution in [3.63, 3.8) is 0 Å². The maximum absolute atomic E-state index is 12.6. The number of halogens is 1. The normalized spacial score (nSPS) is 11.9. The Labute approximate surface area is 166 Å². The number of aryl methyl sites for hydroxylation is 1. The molecule has 1 atom stereocenters. The molecule has 1 heterocycles. The minimum atomic E-state index is -0.424. The van der Waals surface area contributed by atoms with Crippen molar-refractivity contribution in [1.82, 2.24) is 20.2 Å². The minimum absolute atomic E-state index is 0.172. The lowest BCUT2D eigenvalue weighted by atomic mass is 10.2. The molecule has 0 fully saturated rings. The summed E-state index contributed by atoms with van der Waals surface area (Å²) in [6.07, 6.45) is 0. The molecule has 0 aliphatic rings. The number of aromatic nitrogens is 4. The van der Waals surface area contributed by atoms with E-state index in [1.807, 2.05) is 37.3 Å². The Morgan fingerprint density at radius 3 is 2.70 bits per heavy atom. The number of carbonyl (C=O) groups is 1. The lowest BCUT2D eigenvalue weighted by molar-refractivity contribution is -0.115. The number of nitrogens with zero attached hydrogens (tertiary/aromatic N) is 4. The van der Waals surface area contributed by atoms with Crippen LogP contribution in [0.2, 0.25) is 5.02 Å². The van der Waals surface area contributed by atoms with Gasteiger partial charge in [0, 0.05) is 5.02 Å². The molecule has 0 bridgehead atoms. The summed E-state index contributed by atoms with van der Waals surface area (Å²) in [6, 6.07) is 12.7. The molecule has 0 radical (unpaired) electrons. The number of hydrogen-bond donors (Lipinski definition) is 1. The van der Waals surface area contributed by atoms with E-state index in [9.17, 15) is 4.79 Å². The average molecular weight is 404 g/mol. The first-order valence-corrected chi connectivity index (χ1v) is 9.40.